The van der Waals surface area contributed by atoms with Crippen LogP contribution in [0.3, 0.4) is 0 Å². The predicted molar refractivity (Wildman–Crippen MR) is 98.4 cm³/mol. The minimum Gasteiger partial charge on any atom is -0.383 e. The van der Waals surface area contributed by atoms with Gasteiger partial charge in [-0.15, -0.1) is 0 Å². The van der Waals surface area contributed by atoms with Crippen LogP contribution in [0, 0.1) is 0 Å². The molecule has 0 atom stereocenters. The summed E-state index contributed by atoms with van der Waals surface area (Å²) in [6.45, 7) is 7.00. The van der Waals surface area contributed by atoms with Crippen molar-refractivity contribution in [3.8, 4) is 0 Å². The number of aromatic nitrogens is 2. The van der Waals surface area contributed by atoms with Crippen molar-refractivity contribution in [2.24, 2.45) is 0 Å². The highest BCUT2D eigenvalue weighted by Gasteiger charge is 2.25. The van der Waals surface area contributed by atoms with Crippen molar-refractivity contribution in [2.75, 3.05) is 46.4 Å². The van der Waals surface area contributed by atoms with Crippen molar-refractivity contribution in [3.05, 3.63) is 34.7 Å². The van der Waals surface area contributed by atoms with Gasteiger partial charge in [0.15, 0.2) is 0 Å². The lowest BCUT2D eigenvalue weighted by Crippen LogP contribution is -2.36. The number of imidazole rings is 1. The van der Waals surface area contributed by atoms with Crippen LogP contribution in [0.1, 0.15) is 29.5 Å². The van der Waals surface area contributed by atoms with E-state index in [0.29, 0.717) is 17.1 Å². The highest BCUT2D eigenvalue weighted by Crippen LogP contribution is 2.19. The molecule has 1 aliphatic heterocycles. The molecule has 0 unspecified atom stereocenters. The molecule has 0 spiro atoms. The fourth-order valence-corrected chi connectivity index (χ4v) is 3.47. The average Bonchev–Trinajstić information content (AvgIpc) is 2.81. The van der Waals surface area contributed by atoms with Gasteiger partial charge in [-0.05, 0) is 31.5 Å². The number of halogens is 1. The quantitative estimate of drug-likeness (QED) is 0.817. The van der Waals surface area contributed by atoms with Crippen LogP contribution in [-0.4, -0.2) is 71.5 Å². The van der Waals surface area contributed by atoms with Crippen LogP contribution in [0.25, 0.3) is 5.65 Å². The summed E-state index contributed by atoms with van der Waals surface area (Å²) in [6, 6.07) is 3.66. The minimum atomic E-state index is 0.0419. The fourth-order valence-electron chi connectivity index (χ4n) is 3.31. The zero-order valence-corrected chi connectivity index (χ0v) is 15.6. The standard InChI is InChI=1S/C18H25ClN4O2/c1-3-15-17(23-13-14(19)5-6-16(23)20-15)18(24)22-8-4-7-21(9-10-22)11-12-25-2/h5-6,13H,3-4,7-12H2,1-2H3. The Balaban J connectivity index is 1.83. The van der Waals surface area contributed by atoms with E-state index in [1.807, 2.05) is 22.3 Å². The molecule has 0 aliphatic carbocycles. The maximum absolute atomic E-state index is 13.2. The van der Waals surface area contributed by atoms with Crippen LogP contribution in [0.5, 0.6) is 0 Å². The summed E-state index contributed by atoms with van der Waals surface area (Å²) in [7, 11) is 1.72. The zero-order chi connectivity index (χ0) is 17.8. The van der Waals surface area contributed by atoms with Gasteiger partial charge in [0.25, 0.3) is 5.91 Å². The van der Waals surface area contributed by atoms with Gasteiger partial charge in [-0.25, -0.2) is 4.98 Å². The third-order valence-corrected chi connectivity index (χ3v) is 4.90. The van der Waals surface area contributed by atoms with E-state index >= 15 is 0 Å². The summed E-state index contributed by atoms with van der Waals surface area (Å²) in [5.41, 5.74) is 2.24. The molecule has 0 N–H and O–H groups in total. The van der Waals surface area contributed by atoms with Gasteiger partial charge < -0.3 is 9.64 Å². The van der Waals surface area contributed by atoms with E-state index in [1.54, 1.807) is 19.4 Å². The third kappa shape index (κ3) is 3.97. The number of fused-ring (bicyclic) bond motifs is 1. The number of pyridine rings is 1. The molecule has 2 aromatic heterocycles. The van der Waals surface area contributed by atoms with Gasteiger partial charge in [0, 0.05) is 39.5 Å². The maximum atomic E-state index is 13.2. The molecule has 0 aromatic carbocycles. The highest BCUT2D eigenvalue weighted by atomic mass is 35.5. The molecule has 1 aliphatic rings. The van der Waals surface area contributed by atoms with Crippen LogP contribution >= 0.6 is 11.6 Å². The molecule has 25 heavy (non-hydrogen) atoms. The Kier molecular flexibility index (Phi) is 5.93. The molecule has 0 bridgehead atoms. The molecule has 6 nitrogen and oxygen atoms in total. The number of nitrogens with zero attached hydrogens (tertiary/aromatic N) is 4. The van der Waals surface area contributed by atoms with Gasteiger partial charge in [0.1, 0.15) is 11.3 Å². The Hall–Kier alpha value is -1.63. The first-order chi connectivity index (χ1) is 12.1. The summed E-state index contributed by atoms with van der Waals surface area (Å²) < 4.78 is 6.99. The van der Waals surface area contributed by atoms with Crippen molar-refractivity contribution in [3.63, 3.8) is 0 Å². The van der Waals surface area contributed by atoms with Crippen LogP contribution in [0.4, 0.5) is 0 Å². The second-order valence-electron chi connectivity index (χ2n) is 6.32. The summed E-state index contributed by atoms with van der Waals surface area (Å²) in [6.07, 6.45) is 3.46. The van der Waals surface area contributed by atoms with E-state index in [2.05, 4.69) is 9.88 Å². The van der Waals surface area contributed by atoms with E-state index < -0.39 is 0 Å². The van der Waals surface area contributed by atoms with Crippen LogP contribution < -0.4 is 0 Å². The Bertz CT molecular complexity index is 746. The van der Waals surface area contributed by atoms with E-state index in [4.69, 9.17) is 16.3 Å². The first-order valence-corrected chi connectivity index (χ1v) is 9.19. The zero-order valence-electron chi connectivity index (χ0n) is 14.9. The first kappa shape index (κ1) is 18.2. The Morgan fingerprint density at radius 3 is 2.88 bits per heavy atom. The number of carbonyl (C=O) groups excluding carboxylic acids is 1. The van der Waals surface area contributed by atoms with E-state index in [-0.39, 0.29) is 5.91 Å². The van der Waals surface area contributed by atoms with Crippen LogP contribution in [0.15, 0.2) is 18.3 Å². The second kappa shape index (κ2) is 8.17. The Labute approximate surface area is 153 Å². The predicted octanol–water partition coefficient (Wildman–Crippen LogP) is 2.34. The molecule has 1 amide bonds. The molecular formula is C18H25ClN4O2. The lowest BCUT2D eigenvalue weighted by Gasteiger charge is -2.22. The number of amides is 1. The van der Waals surface area contributed by atoms with E-state index in [0.717, 1.165) is 57.1 Å². The Morgan fingerprint density at radius 1 is 1.28 bits per heavy atom. The largest absolute Gasteiger partial charge is 0.383 e. The van der Waals surface area contributed by atoms with Gasteiger partial charge >= 0.3 is 0 Å². The molecule has 1 saturated heterocycles. The van der Waals surface area contributed by atoms with Crippen LogP contribution in [0.2, 0.25) is 5.02 Å². The normalized spacial score (nSPS) is 16.4. The molecule has 3 rings (SSSR count). The number of hydrogen-bond donors (Lipinski definition) is 0. The smallest absolute Gasteiger partial charge is 0.272 e. The molecule has 0 radical (unpaired) electrons. The maximum Gasteiger partial charge on any atom is 0.272 e. The number of methoxy groups -OCH3 is 1. The SMILES string of the molecule is CCc1nc2ccc(Cl)cn2c1C(=O)N1CCCN(CCOC)CC1. The van der Waals surface area contributed by atoms with Gasteiger partial charge in [-0.1, -0.05) is 18.5 Å². The number of ether oxygens (including phenoxy) is 1. The molecule has 1 fully saturated rings. The first-order valence-electron chi connectivity index (χ1n) is 8.81. The third-order valence-electron chi connectivity index (χ3n) is 4.68. The van der Waals surface area contributed by atoms with Gasteiger partial charge in [-0.2, -0.15) is 0 Å². The number of rotatable bonds is 5. The summed E-state index contributed by atoms with van der Waals surface area (Å²) in [5.74, 6) is 0.0419. The molecule has 0 saturated carbocycles. The van der Waals surface area contributed by atoms with Gasteiger partial charge in [-0.3, -0.25) is 14.1 Å². The van der Waals surface area contributed by atoms with Crippen LogP contribution in [-0.2, 0) is 11.2 Å². The molecule has 3 heterocycles. The number of aryl methyl sites for hydroxylation is 1. The van der Waals surface area contributed by atoms with E-state index in [1.165, 1.54) is 0 Å². The molecular weight excluding hydrogens is 340 g/mol. The Morgan fingerprint density at radius 2 is 2.12 bits per heavy atom. The molecule has 2 aromatic rings. The summed E-state index contributed by atoms with van der Waals surface area (Å²) in [4.78, 5) is 22.1. The monoisotopic (exact) mass is 364 g/mol. The van der Waals surface area contributed by atoms with Crippen molar-refractivity contribution >= 4 is 23.2 Å². The lowest BCUT2D eigenvalue weighted by molar-refractivity contribution is 0.0751. The molecule has 7 heteroatoms. The van der Waals surface area contributed by atoms with Crippen molar-refractivity contribution in [2.45, 2.75) is 19.8 Å². The second-order valence-corrected chi connectivity index (χ2v) is 6.75. The minimum absolute atomic E-state index is 0.0419. The van der Waals surface area contributed by atoms with E-state index in [9.17, 15) is 4.79 Å². The lowest BCUT2D eigenvalue weighted by atomic mass is 10.2. The fraction of sp³-hybridized carbons (Fsp3) is 0.556. The van der Waals surface area contributed by atoms with Crippen molar-refractivity contribution in [1.82, 2.24) is 19.2 Å². The summed E-state index contributed by atoms with van der Waals surface area (Å²) >= 11 is 6.14. The topological polar surface area (TPSA) is 50.1 Å². The molecule has 136 valence electrons. The summed E-state index contributed by atoms with van der Waals surface area (Å²) in [5, 5.41) is 0.600. The number of hydrogen-bond acceptors (Lipinski definition) is 4. The number of carbonyl (C=O) groups is 1. The van der Waals surface area contributed by atoms with Crippen molar-refractivity contribution in [1.29, 1.82) is 0 Å². The average molecular weight is 365 g/mol. The van der Waals surface area contributed by atoms with Gasteiger partial charge in [0.2, 0.25) is 0 Å². The van der Waals surface area contributed by atoms with Crippen molar-refractivity contribution < 1.29 is 9.53 Å². The highest BCUT2D eigenvalue weighted by molar-refractivity contribution is 6.30. The van der Waals surface area contributed by atoms with Gasteiger partial charge in [0.05, 0.1) is 17.3 Å².